The molecule has 0 bridgehead atoms. The molecule has 0 amide bonds. The number of hydrogen-bond donors (Lipinski definition) is 1. The molecule has 0 spiro atoms. The predicted molar refractivity (Wildman–Crippen MR) is 54.6 cm³/mol. The molecule has 0 aliphatic rings. The van der Waals surface area contributed by atoms with Crippen molar-refractivity contribution in [1.29, 1.82) is 0 Å². The normalized spacial score (nSPS) is 13.2. The zero-order valence-corrected chi connectivity index (χ0v) is 8.53. The fourth-order valence-electron chi connectivity index (χ4n) is 1.23. The highest BCUT2D eigenvalue weighted by molar-refractivity contribution is 4.99. The van der Waals surface area contributed by atoms with Gasteiger partial charge in [0.25, 0.3) is 0 Å². The molecule has 1 heterocycles. The summed E-state index contributed by atoms with van der Waals surface area (Å²) >= 11 is 0. The van der Waals surface area contributed by atoms with Crippen LogP contribution in [0.1, 0.15) is 38.4 Å². The van der Waals surface area contributed by atoms with Crippen molar-refractivity contribution in [3.63, 3.8) is 0 Å². The van der Waals surface area contributed by atoms with Gasteiger partial charge in [-0.25, -0.2) is 0 Å². The van der Waals surface area contributed by atoms with Crippen LogP contribution in [0, 0.1) is 0 Å². The Balaban J connectivity index is 2.53. The van der Waals surface area contributed by atoms with E-state index in [1.165, 1.54) is 0 Å². The zero-order chi connectivity index (χ0) is 9.68. The number of aromatic nitrogens is 2. The first-order valence-corrected chi connectivity index (χ1v) is 5.02. The molecule has 0 saturated heterocycles. The van der Waals surface area contributed by atoms with Crippen LogP contribution in [-0.2, 0) is 6.42 Å². The first kappa shape index (κ1) is 10.3. The van der Waals surface area contributed by atoms with E-state index in [9.17, 15) is 0 Å². The summed E-state index contributed by atoms with van der Waals surface area (Å²) in [6.45, 7) is 5.10. The molecule has 0 saturated carbocycles. The summed E-state index contributed by atoms with van der Waals surface area (Å²) in [5.41, 5.74) is 6.59. The average Bonchev–Trinajstić information content (AvgIpc) is 2.62. The van der Waals surface area contributed by atoms with E-state index < -0.39 is 0 Å². The molecule has 1 aromatic heterocycles. The SMILES string of the molecule is CCC(C)n1ccc(CCCN)n1. The summed E-state index contributed by atoms with van der Waals surface area (Å²) in [4.78, 5) is 0. The lowest BCUT2D eigenvalue weighted by Gasteiger charge is -2.07. The molecular formula is C10H19N3. The van der Waals surface area contributed by atoms with E-state index in [2.05, 4.69) is 31.2 Å². The van der Waals surface area contributed by atoms with Gasteiger partial charge in [0, 0.05) is 12.2 Å². The monoisotopic (exact) mass is 181 g/mol. The Labute approximate surface area is 79.9 Å². The van der Waals surface area contributed by atoms with E-state index in [0.29, 0.717) is 6.04 Å². The molecule has 1 rings (SSSR count). The Kier molecular flexibility index (Phi) is 3.96. The van der Waals surface area contributed by atoms with Crippen LogP contribution < -0.4 is 5.73 Å². The lowest BCUT2D eigenvalue weighted by atomic mass is 10.2. The second-order valence-electron chi connectivity index (χ2n) is 3.44. The Morgan fingerprint density at radius 1 is 1.62 bits per heavy atom. The second kappa shape index (κ2) is 5.02. The summed E-state index contributed by atoms with van der Waals surface area (Å²) in [5, 5.41) is 4.48. The van der Waals surface area contributed by atoms with Gasteiger partial charge in [-0.05, 0) is 38.8 Å². The summed E-state index contributed by atoms with van der Waals surface area (Å²) in [7, 11) is 0. The Bertz CT molecular complexity index is 242. The van der Waals surface area contributed by atoms with Crippen LogP contribution in [0.2, 0.25) is 0 Å². The van der Waals surface area contributed by atoms with Crippen molar-refractivity contribution in [1.82, 2.24) is 9.78 Å². The summed E-state index contributed by atoms with van der Waals surface area (Å²) in [6.07, 6.45) is 5.20. The van der Waals surface area contributed by atoms with Gasteiger partial charge < -0.3 is 5.73 Å². The van der Waals surface area contributed by atoms with E-state index >= 15 is 0 Å². The number of nitrogens with two attached hydrogens (primary N) is 1. The van der Waals surface area contributed by atoms with Crippen LogP contribution in [0.15, 0.2) is 12.3 Å². The van der Waals surface area contributed by atoms with Crippen molar-refractivity contribution >= 4 is 0 Å². The smallest absolute Gasteiger partial charge is 0.0625 e. The van der Waals surface area contributed by atoms with E-state index in [4.69, 9.17) is 5.73 Å². The van der Waals surface area contributed by atoms with Crippen LogP contribution in [0.3, 0.4) is 0 Å². The van der Waals surface area contributed by atoms with Crippen LogP contribution in [0.4, 0.5) is 0 Å². The van der Waals surface area contributed by atoms with Gasteiger partial charge in [-0.2, -0.15) is 5.10 Å². The molecule has 1 aromatic rings. The molecule has 0 fully saturated rings. The van der Waals surface area contributed by atoms with Crippen molar-refractivity contribution < 1.29 is 0 Å². The molecule has 0 aliphatic carbocycles. The molecule has 13 heavy (non-hydrogen) atoms. The number of rotatable bonds is 5. The lowest BCUT2D eigenvalue weighted by Crippen LogP contribution is -2.05. The van der Waals surface area contributed by atoms with Crippen molar-refractivity contribution in [3.05, 3.63) is 18.0 Å². The topological polar surface area (TPSA) is 43.8 Å². The van der Waals surface area contributed by atoms with Crippen LogP contribution in [-0.4, -0.2) is 16.3 Å². The maximum atomic E-state index is 5.43. The molecule has 3 heteroatoms. The molecule has 2 N–H and O–H groups in total. The molecular weight excluding hydrogens is 162 g/mol. The van der Waals surface area contributed by atoms with Crippen LogP contribution in [0.5, 0.6) is 0 Å². The van der Waals surface area contributed by atoms with Gasteiger partial charge in [-0.3, -0.25) is 4.68 Å². The highest BCUT2D eigenvalue weighted by Crippen LogP contribution is 2.09. The summed E-state index contributed by atoms with van der Waals surface area (Å²) in [6, 6.07) is 2.59. The Morgan fingerprint density at radius 2 is 2.38 bits per heavy atom. The predicted octanol–water partition coefficient (Wildman–Crippen LogP) is 1.75. The third kappa shape index (κ3) is 2.84. The van der Waals surface area contributed by atoms with Gasteiger partial charge in [-0.1, -0.05) is 6.92 Å². The van der Waals surface area contributed by atoms with E-state index in [1.54, 1.807) is 0 Å². The number of nitrogens with zero attached hydrogens (tertiary/aromatic N) is 2. The highest BCUT2D eigenvalue weighted by Gasteiger charge is 2.03. The first-order chi connectivity index (χ1) is 6.27. The Hall–Kier alpha value is -0.830. The third-order valence-electron chi connectivity index (χ3n) is 2.34. The molecule has 0 aliphatic heterocycles. The molecule has 0 radical (unpaired) electrons. The second-order valence-corrected chi connectivity index (χ2v) is 3.44. The molecule has 0 aromatic carbocycles. The fourth-order valence-corrected chi connectivity index (χ4v) is 1.23. The van der Waals surface area contributed by atoms with E-state index in [0.717, 1.165) is 31.5 Å². The van der Waals surface area contributed by atoms with Crippen molar-refractivity contribution in [2.24, 2.45) is 5.73 Å². The minimum atomic E-state index is 0.506. The third-order valence-corrected chi connectivity index (χ3v) is 2.34. The van der Waals surface area contributed by atoms with Gasteiger partial charge >= 0.3 is 0 Å². The van der Waals surface area contributed by atoms with Crippen molar-refractivity contribution in [2.45, 2.75) is 39.2 Å². The lowest BCUT2D eigenvalue weighted by molar-refractivity contribution is 0.473. The maximum Gasteiger partial charge on any atom is 0.0625 e. The minimum Gasteiger partial charge on any atom is -0.330 e. The fraction of sp³-hybridized carbons (Fsp3) is 0.700. The first-order valence-electron chi connectivity index (χ1n) is 5.02. The largest absolute Gasteiger partial charge is 0.330 e. The van der Waals surface area contributed by atoms with E-state index in [1.807, 2.05) is 4.68 Å². The molecule has 1 unspecified atom stereocenters. The van der Waals surface area contributed by atoms with Gasteiger partial charge in [0.05, 0.1) is 5.69 Å². The van der Waals surface area contributed by atoms with Crippen LogP contribution in [0.25, 0.3) is 0 Å². The van der Waals surface area contributed by atoms with E-state index in [-0.39, 0.29) is 0 Å². The van der Waals surface area contributed by atoms with Gasteiger partial charge in [-0.15, -0.1) is 0 Å². The standard InChI is InChI=1S/C10H19N3/c1-3-9(2)13-8-6-10(12-13)5-4-7-11/h6,8-9H,3-5,7,11H2,1-2H3. The average molecular weight is 181 g/mol. The van der Waals surface area contributed by atoms with Gasteiger partial charge in [0.1, 0.15) is 0 Å². The highest BCUT2D eigenvalue weighted by atomic mass is 15.3. The zero-order valence-electron chi connectivity index (χ0n) is 8.53. The van der Waals surface area contributed by atoms with Crippen molar-refractivity contribution in [3.8, 4) is 0 Å². The van der Waals surface area contributed by atoms with Gasteiger partial charge in [0.15, 0.2) is 0 Å². The molecule has 1 atom stereocenters. The summed E-state index contributed by atoms with van der Waals surface area (Å²) < 4.78 is 2.03. The van der Waals surface area contributed by atoms with Gasteiger partial charge in [0.2, 0.25) is 0 Å². The Morgan fingerprint density at radius 3 is 3.00 bits per heavy atom. The maximum absolute atomic E-state index is 5.43. The minimum absolute atomic E-state index is 0.506. The quantitative estimate of drug-likeness (QED) is 0.752. The number of hydrogen-bond acceptors (Lipinski definition) is 2. The van der Waals surface area contributed by atoms with Crippen molar-refractivity contribution in [2.75, 3.05) is 6.54 Å². The van der Waals surface area contributed by atoms with Crippen LogP contribution >= 0.6 is 0 Å². The summed E-state index contributed by atoms with van der Waals surface area (Å²) in [5.74, 6) is 0. The molecule has 3 nitrogen and oxygen atoms in total. The number of aryl methyl sites for hydroxylation is 1. The molecule has 74 valence electrons.